The molecule has 21 heavy (non-hydrogen) atoms. The van der Waals surface area contributed by atoms with Crippen molar-refractivity contribution in [1.29, 1.82) is 0 Å². The number of nitrogens with zero attached hydrogens (tertiary/aromatic N) is 4. The Bertz CT molecular complexity index is 839. The van der Waals surface area contributed by atoms with Crippen molar-refractivity contribution in [2.75, 3.05) is 0 Å². The Kier molecular flexibility index (Phi) is 3.63. The van der Waals surface area contributed by atoms with Gasteiger partial charge in [-0.1, -0.05) is 19.4 Å². The Morgan fingerprint density at radius 2 is 2.14 bits per heavy atom. The number of aryl methyl sites for hydroxylation is 3. The van der Waals surface area contributed by atoms with Gasteiger partial charge in [-0.05, 0) is 37.2 Å². The van der Waals surface area contributed by atoms with E-state index in [1.807, 2.05) is 24.0 Å². The van der Waals surface area contributed by atoms with Crippen molar-refractivity contribution in [2.24, 2.45) is 7.05 Å². The smallest absolute Gasteiger partial charge is 0.179 e. The molecule has 0 saturated carbocycles. The zero-order valence-electron chi connectivity index (χ0n) is 12.6. The van der Waals surface area contributed by atoms with E-state index in [0.717, 1.165) is 40.2 Å². The predicted octanol–water partition coefficient (Wildman–Crippen LogP) is 3.14. The van der Waals surface area contributed by atoms with Crippen LogP contribution in [-0.4, -0.2) is 24.3 Å². The molecule has 6 heteroatoms. The SMILES string of the molecule is CCCc1nn(C)c2c1[nH]c(=S)n2Cc1ncccc1C. The topological polar surface area (TPSA) is 51.4 Å². The number of fused-ring (bicyclic) bond motifs is 1. The van der Waals surface area contributed by atoms with Crippen molar-refractivity contribution >= 4 is 23.4 Å². The summed E-state index contributed by atoms with van der Waals surface area (Å²) in [7, 11) is 1.96. The molecule has 0 fully saturated rings. The third kappa shape index (κ3) is 2.40. The van der Waals surface area contributed by atoms with Crippen molar-refractivity contribution in [1.82, 2.24) is 24.3 Å². The number of rotatable bonds is 4. The highest BCUT2D eigenvalue weighted by Gasteiger charge is 2.15. The van der Waals surface area contributed by atoms with E-state index in [4.69, 9.17) is 12.2 Å². The van der Waals surface area contributed by atoms with Gasteiger partial charge < -0.3 is 4.98 Å². The maximum atomic E-state index is 5.49. The molecule has 3 aromatic rings. The normalized spacial score (nSPS) is 11.4. The van der Waals surface area contributed by atoms with Crippen LogP contribution in [0.2, 0.25) is 0 Å². The number of pyridine rings is 1. The summed E-state index contributed by atoms with van der Waals surface area (Å²) in [5.74, 6) is 0. The number of aromatic amines is 1. The summed E-state index contributed by atoms with van der Waals surface area (Å²) in [6.45, 7) is 4.89. The van der Waals surface area contributed by atoms with E-state index in [0.29, 0.717) is 6.54 Å². The average molecular weight is 301 g/mol. The Morgan fingerprint density at radius 1 is 1.33 bits per heavy atom. The Hall–Kier alpha value is -1.95. The molecule has 1 N–H and O–H groups in total. The van der Waals surface area contributed by atoms with Crippen molar-refractivity contribution in [3.63, 3.8) is 0 Å². The molecule has 0 bridgehead atoms. The molecule has 3 heterocycles. The van der Waals surface area contributed by atoms with Crippen LogP contribution in [0.15, 0.2) is 18.3 Å². The zero-order valence-corrected chi connectivity index (χ0v) is 13.4. The lowest BCUT2D eigenvalue weighted by molar-refractivity contribution is 0.695. The molecule has 110 valence electrons. The molecule has 0 unspecified atom stereocenters. The summed E-state index contributed by atoms with van der Waals surface area (Å²) in [5, 5.41) is 4.60. The molecule has 3 rings (SSSR count). The minimum atomic E-state index is 0.663. The van der Waals surface area contributed by atoms with Crippen LogP contribution in [-0.2, 0) is 20.0 Å². The lowest BCUT2D eigenvalue weighted by Gasteiger charge is -2.06. The second-order valence-electron chi connectivity index (χ2n) is 5.30. The second kappa shape index (κ2) is 5.44. The highest BCUT2D eigenvalue weighted by molar-refractivity contribution is 7.71. The first-order chi connectivity index (χ1) is 10.1. The van der Waals surface area contributed by atoms with Gasteiger partial charge in [0.25, 0.3) is 0 Å². The van der Waals surface area contributed by atoms with Crippen molar-refractivity contribution < 1.29 is 0 Å². The van der Waals surface area contributed by atoms with E-state index < -0.39 is 0 Å². The van der Waals surface area contributed by atoms with Crippen molar-refractivity contribution in [3.8, 4) is 0 Å². The van der Waals surface area contributed by atoms with E-state index >= 15 is 0 Å². The fourth-order valence-electron chi connectivity index (χ4n) is 2.67. The van der Waals surface area contributed by atoms with E-state index in [-0.39, 0.29) is 0 Å². The highest BCUT2D eigenvalue weighted by atomic mass is 32.1. The van der Waals surface area contributed by atoms with Crippen molar-refractivity contribution in [2.45, 2.75) is 33.2 Å². The molecule has 0 amide bonds. The molecular weight excluding hydrogens is 282 g/mol. The van der Waals surface area contributed by atoms with Gasteiger partial charge in [-0.3, -0.25) is 14.2 Å². The van der Waals surface area contributed by atoms with Crippen LogP contribution in [0.3, 0.4) is 0 Å². The van der Waals surface area contributed by atoms with Gasteiger partial charge in [0.05, 0.1) is 17.9 Å². The lowest BCUT2D eigenvalue weighted by Crippen LogP contribution is -2.07. The molecule has 3 aromatic heterocycles. The molecule has 0 aliphatic heterocycles. The van der Waals surface area contributed by atoms with Gasteiger partial charge in [0.2, 0.25) is 0 Å². The van der Waals surface area contributed by atoms with Gasteiger partial charge in [-0.2, -0.15) is 5.10 Å². The summed E-state index contributed by atoms with van der Waals surface area (Å²) in [6.07, 6.45) is 3.84. The zero-order chi connectivity index (χ0) is 15.0. The monoisotopic (exact) mass is 301 g/mol. The number of hydrogen-bond donors (Lipinski definition) is 1. The minimum Gasteiger partial charge on any atom is -0.328 e. The maximum absolute atomic E-state index is 5.49. The number of aromatic nitrogens is 5. The van der Waals surface area contributed by atoms with E-state index in [1.54, 1.807) is 0 Å². The summed E-state index contributed by atoms with van der Waals surface area (Å²) >= 11 is 5.49. The van der Waals surface area contributed by atoms with Crippen LogP contribution >= 0.6 is 12.2 Å². The first-order valence-electron chi connectivity index (χ1n) is 7.16. The number of hydrogen-bond acceptors (Lipinski definition) is 3. The van der Waals surface area contributed by atoms with Gasteiger partial charge >= 0.3 is 0 Å². The molecule has 0 aromatic carbocycles. The van der Waals surface area contributed by atoms with Crippen LogP contribution in [0.1, 0.15) is 30.3 Å². The molecule has 0 aliphatic carbocycles. The average Bonchev–Trinajstić information content (AvgIpc) is 2.92. The van der Waals surface area contributed by atoms with E-state index in [2.05, 4.69) is 39.5 Å². The van der Waals surface area contributed by atoms with Gasteiger partial charge in [0.15, 0.2) is 10.4 Å². The summed E-state index contributed by atoms with van der Waals surface area (Å²) < 4.78 is 4.71. The third-order valence-corrected chi connectivity index (χ3v) is 4.06. The summed E-state index contributed by atoms with van der Waals surface area (Å²) in [6, 6.07) is 4.02. The first kappa shape index (κ1) is 14.0. The standard InChI is InChI=1S/C15H19N5S/c1-4-6-11-13-14(19(3)18-11)20(15(21)17-13)9-12-10(2)7-5-8-16-12/h5,7-8H,4,6,9H2,1-3H3,(H,17,21). The Balaban J connectivity index is 2.13. The lowest BCUT2D eigenvalue weighted by atomic mass is 10.2. The molecule has 0 saturated heterocycles. The van der Waals surface area contributed by atoms with Gasteiger partial charge in [-0.25, -0.2) is 0 Å². The van der Waals surface area contributed by atoms with E-state index in [1.165, 1.54) is 5.56 Å². The molecule has 0 spiro atoms. The summed E-state index contributed by atoms with van der Waals surface area (Å²) in [5.41, 5.74) is 5.38. The number of H-pyrrole nitrogens is 1. The van der Waals surface area contributed by atoms with Crippen LogP contribution in [0.5, 0.6) is 0 Å². The molecule has 0 radical (unpaired) electrons. The fraction of sp³-hybridized carbons (Fsp3) is 0.400. The van der Waals surface area contributed by atoms with E-state index in [9.17, 15) is 0 Å². The maximum Gasteiger partial charge on any atom is 0.179 e. The molecule has 5 nitrogen and oxygen atoms in total. The number of nitrogens with one attached hydrogen (secondary N) is 1. The first-order valence-corrected chi connectivity index (χ1v) is 7.57. The van der Waals surface area contributed by atoms with Crippen LogP contribution in [0.25, 0.3) is 11.2 Å². The number of imidazole rings is 1. The quantitative estimate of drug-likeness (QED) is 0.753. The molecule has 0 aliphatic rings. The molecule has 0 atom stereocenters. The van der Waals surface area contributed by atoms with Crippen molar-refractivity contribution in [3.05, 3.63) is 40.1 Å². The minimum absolute atomic E-state index is 0.663. The molecular formula is C15H19N5S. The second-order valence-corrected chi connectivity index (χ2v) is 5.69. The highest BCUT2D eigenvalue weighted by Crippen LogP contribution is 2.20. The predicted molar refractivity (Wildman–Crippen MR) is 86.0 cm³/mol. The largest absolute Gasteiger partial charge is 0.328 e. The fourth-order valence-corrected chi connectivity index (χ4v) is 2.92. The Labute approximate surface area is 128 Å². The van der Waals surface area contributed by atoms with Crippen LogP contribution < -0.4 is 0 Å². The third-order valence-electron chi connectivity index (χ3n) is 3.73. The van der Waals surface area contributed by atoms with Gasteiger partial charge in [0.1, 0.15) is 5.52 Å². The van der Waals surface area contributed by atoms with Crippen LogP contribution in [0, 0.1) is 11.7 Å². The van der Waals surface area contributed by atoms with Gasteiger partial charge in [0, 0.05) is 13.2 Å². The van der Waals surface area contributed by atoms with Gasteiger partial charge in [-0.15, -0.1) is 0 Å². The Morgan fingerprint density at radius 3 is 2.86 bits per heavy atom. The van der Waals surface area contributed by atoms with Crippen LogP contribution in [0.4, 0.5) is 0 Å². The summed E-state index contributed by atoms with van der Waals surface area (Å²) in [4.78, 5) is 7.77.